The number of carbonyl (C=O) groups is 2. The van der Waals surface area contributed by atoms with Gasteiger partial charge in [-0.1, -0.05) is 50.2 Å². The molecule has 0 atom stereocenters. The third-order valence-corrected chi connectivity index (χ3v) is 3.96. The Morgan fingerprint density at radius 2 is 1.81 bits per heavy atom. The fourth-order valence-corrected chi connectivity index (χ4v) is 2.46. The Morgan fingerprint density at radius 3 is 2.44 bits per heavy atom. The highest BCUT2D eigenvalue weighted by molar-refractivity contribution is 6.00. The van der Waals surface area contributed by atoms with Crippen LogP contribution in [0.15, 0.2) is 47.0 Å². The van der Waals surface area contributed by atoms with Gasteiger partial charge >= 0.3 is 5.97 Å². The third kappa shape index (κ3) is 4.25. The Morgan fingerprint density at radius 1 is 1.15 bits per heavy atom. The molecule has 0 spiro atoms. The van der Waals surface area contributed by atoms with Crippen molar-refractivity contribution in [1.29, 1.82) is 0 Å². The van der Waals surface area contributed by atoms with Gasteiger partial charge in [-0.3, -0.25) is 10.1 Å². The minimum absolute atomic E-state index is 0.00353. The van der Waals surface area contributed by atoms with Gasteiger partial charge in [-0.15, -0.1) is 0 Å². The molecule has 3 rings (SSSR count). The lowest BCUT2D eigenvalue weighted by Gasteiger charge is -2.12. The summed E-state index contributed by atoms with van der Waals surface area (Å²) >= 11 is 0. The Kier molecular flexibility index (Phi) is 4.85. The van der Waals surface area contributed by atoms with Crippen molar-refractivity contribution in [1.82, 2.24) is 5.16 Å². The second-order valence-electron chi connectivity index (χ2n) is 7.17. The molecule has 3 aromatic rings. The average molecular weight is 368 g/mol. The lowest BCUT2D eigenvalue weighted by molar-refractivity contribution is -0.119. The molecule has 0 radical (unpaired) electrons. The van der Waals surface area contributed by atoms with Gasteiger partial charge in [0.1, 0.15) is 11.3 Å². The first-order valence-corrected chi connectivity index (χ1v) is 8.40. The number of ether oxygens (including phenoxy) is 1. The fourth-order valence-electron chi connectivity index (χ4n) is 2.46. The first-order chi connectivity index (χ1) is 12.7. The predicted octanol–water partition coefficient (Wildman–Crippen LogP) is 3.63. The minimum atomic E-state index is -0.790. The Labute approximate surface area is 155 Å². The summed E-state index contributed by atoms with van der Waals surface area (Å²) in [6.07, 6.45) is 0. The van der Waals surface area contributed by atoms with Gasteiger partial charge in [0.15, 0.2) is 6.61 Å². The van der Waals surface area contributed by atoms with Crippen LogP contribution in [-0.4, -0.2) is 28.7 Å². The van der Waals surface area contributed by atoms with Crippen LogP contribution < -0.4 is 5.32 Å². The Balaban J connectivity index is 1.63. The van der Waals surface area contributed by atoms with Crippen molar-refractivity contribution in [3.8, 4) is 5.75 Å². The van der Waals surface area contributed by atoms with Crippen LogP contribution in [0.5, 0.6) is 5.75 Å². The maximum atomic E-state index is 12.2. The second kappa shape index (κ2) is 7.11. The maximum absolute atomic E-state index is 12.2. The van der Waals surface area contributed by atoms with Crippen LogP contribution in [-0.2, 0) is 14.9 Å². The van der Waals surface area contributed by atoms with E-state index in [9.17, 15) is 14.7 Å². The molecule has 0 saturated heterocycles. The van der Waals surface area contributed by atoms with Gasteiger partial charge in [0.2, 0.25) is 5.88 Å². The molecule has 2 N–H and O–H groups in total. The summed E-state index contributed by atoms with van der Waals surface area (Å²) in [5.74, 6) is -1.39. The summed E-state index contributed by atoms with van der Waals surface area (Å²) in [4.78, 5) is 24.2. The smallest absolute Gasteiger partial charge is 0.342 e. The third-order valence-electron chi connectivity index (χ3n) is 3.96. The minimum Gasteiger partial charge on any atom is -0.507 e. The molecule has 1 aromatic heterocycles. The largest absolute Gasteiger partial charge is 0.507 e. The number of aromatic nitrogens is 1. The topological polar surface area (TPSA) is 102 Å². The summed E-state index contributed by atoms with van der Waals surface area (Å²) in [5, 5.41) is 18.0. The zero-order chi connectivity index (χ0) is 19.6. The van der Waals surface area contributed by atoms with Crippen molar-refractivity contribution in [3.05, 3.63) is 53.7 Å². The molecule has 7 heteroatoms. The fraction of sp³-hybridized carbons (Fsp3) is 0.250. The van der Waals surface area contributed by atoms with Crippen LogP contribution in [0.25, 0.3) is 10.8 Å². The van der Waals surface area contributed by atoms with E-state index in [0.29, 0.717) is 5.69 Å². The average Bonchev–Trinajstić information content (AvgIpc) is 3.08. The van der Waals surface area contributed by atoms with Crippen LogP contribution in [0.3, 0.4) is 0 Å². The van der Waals surface area contributed by atoms with E-state index >= 15 is 0 Å². The van der Waals surface area contributed by atoms with Gasteiger partial charge in [-0.2, -0.15) is 0 Å². The van der Waals surface area contributed by atoms with Crippen molar-refractivity contribution in [2.75, 3.05) is 11.9 Å². The highest BCUT2D eigenvalue weighted by atomic mass is 16.5. The molecule has 0 fully saturated rings. The zero-order valence-electron chi connectivity index (χ0n) is 15.3. The van der Waals surface area contributed by atoms with E-state index in [0.717, 1.165) is 10.8 Å². The quantitative estimate of drug-likeness (QED) is 0.682. The molecule has 1 heterocycles. The van der Waals surface area contributed by atoms with E-state index in [1.165, 1.54) is 12.1 Å². The lowest BCUT2D eigenvalue weighted by atomic mass is 9.92. The predicted molar refractivity (Wildman–Crippen MR) is 99.7 cm³/mol. The van der Waals surface area contributed by atoms with Gasteiger partial charge in [0.05, 0.1) is 5.69 Å². The number of phenols is 1. The standard InChI is InChI=1S/C20H20N2O5/c1-20(2,3)16-10-18(27-22-16)21-17(24)11-26-19(25)14-8-12-6-4-5-7-13(12)9-15(14)23/h4-10,23H,11H2,1-3H3,(H,21,24). The molecule has 1 amide bonds. The molecular formula is C20H20N2O5. The molecule has 0 aliphatic heterocycles. The molecule has 0 unspecified atom stereocenters. The number of carbonyl (C=O) groups excluding carboxylic acids is 2. The summed E-state index contributed by atoms with van der Waals surface area (Å²) in [6, 6.07) is 11.9. The highest BCUT2D eigenvalue weighted by Crippen LogP contribution is 2.26. The van der Waals surface area contributed by atoms with Crippen LogP contribution in [0.2, 0.25) is 0 Å². The normalized spacial score (nSPS) is 11.4. The number of aromatic hydroxyl groups is 1. The first kappa shape index (κ1) is 18.4. The number of rotatable bonds is 4. The number of esters is 1. The summed E-state index contributed by atoms with van der Waals surface area (Å²) < 4.78 is 10.1. The molecule has 0 saturated carbocycles. The van der Waals surface area contributed by atoms with Crippen LogP contribution in [0, 0.1) is 0 Å². The molecule has 140 valence electrons. The van der Waals surface area contributed by atoms with E-state index in [1.54, 1.807) is 6.07 Å². The number of anilines is 1. The number of fused-ring (bicyclic) bond motifs is 1. The molecular weight excluding hydrogens is 348 g/mol. The summed E-state index contributed by atoms with van der Waals surface area (Å²) in [5.41, 5.74) is 0.471. The monoisotopic (exact) mass is 368 g/mol. The number of benzene rings is 2. The molecule has 0 aliphatic rings. The molecule has 2 aromatic carbocycles. The summed E-state index contributed by atoms with van der Waals surface area (Å²) in [7, 11) is 0. The van der Waals surface area contributed by atoms with E-state index in [1.807, 2.05) is 45.0 Å². The van der Waals surface area contributed by atoms with Crippen molar-refractivity contribution in [3.63, 3.8) is 0 Å². The number of hydrogen-bond donors (Lipinski definition) is 2. The van der Waals surface area contributed by atoms with Gasteiger partial charge in [-0.25, -0.2) is 4.79 Å². The van der Waals surface area contributed by atoms with Gasteiger partial charge < -0.3 is 14.4 Å². The number of amides is 1. The van der Waals surface area contributed by atoms with Crippen LogP contribution >= 0.6 is 0 Å². The maximum Gasteiger partial charge on any atom is 0.342 e. The molecule has 0 aliphatic carbocycles. The van der Waals surface area contributed by atoms with Crippen LogP contribution in [0.1, 0.15) is 36.8 Å². The van der Waals surface area contributed by atoms with Crippen molar-refractivity contribution in [2.45, 2.75) is 26.2 Å². The van der Waals surface area contributed by atoms with Crippen LogP contribution in [0.4, 0.5) is 5.88 Å². The Hall–Kier alpha value is -3.35. The lowest BCUT2D eigenvalue weighted by Crippen LogP contribution is -2.20. The molecule has 0 bridgehead atoms. The second-order valence-corrected chi connectivity index (χ2v) is 7.17. The molecule has 27 heavy (non-hydrogen) atoms. The van der Waals surface area contributed by atoms with Crippen molar-refractivity contribution in [2.24, 2.45) is 0 Å². The molecule has 7 nitrogen and oxygen atoms in total. The highest BCUT2D eigenvalue weighted by Gasteiger charge is 2.20. The Bertz CT molecular complexity index is 1000. The van der Waals surface area contributed by atoms with E-state index in [4.69, 9.17) is 9.26 Å². The van der Waals surface area contributed by atoms with Crippen molar-refractivity contribution >= 4 is 28.5 Å². The van der Waals surface area contributed by atoms with Gasteiger partial charge in [0, 0.05) is 11.5 Å². The van der Waals surface area contributed by atoms with E-state index in [-0.39, 0.29) is 22.6 Å². The number of phenolic OH excluding ortho intramolecular Hbond substituents is 1. The van der Waals surface area contributed by atoms with E-state index in [2.05, 4.69) is 10.5 Å². The van der Waals surface area contributed by atoms with Gasteiger partial charge in [-0.05, 0) is 22.9 Å². The zero-order valence-corrected chi connectivity index (χ0v) is 15.3. The van der Waals surface area contributed by atoms with Crippen molar-refractivity contribution < 1.29 is 24.0 Å². The number of hydrogen-bond acceptors (Lipinski definition) is 6. The first-order valence-electron chi connectivity index (χ1n) is 8.40. The SMILES string of the molecule is CC(C)(C)c1cc(NC(=O)COC(=O)c2cc3ccccc3cc2O)on1. The number of nitrogens with zero attached hydrogens (tertiary/aromatic N) is 1. The number of nitrogens with one attached hydrogen (secondary N) is 1. The van der Waals surface area contributed by atoms with E-state index < -0.39 is 18.5 Å². The van der Waals surface area contributed by atoms with Gasteiger partial charge in [0.25, 0.3) is 5.91 Å². The summed E-state index contributed by atoms with van der Waals surface area (Å²) in [6.45, 7) is 5.38.